The Bertz CT molecular complexity index is 492. The predicted molar refractivity (Wildman–Crippen MR) is 107 cm³/mol. The number of carbonyl (C=O) groups is 1. The van der Waals surface area contributed by atoms with Crippen LogP contribution in [0.4, 0.5) is 4.79 Å². The van der Waals surface area contributed by atoms with Crippen molar-refractivity contribution in [1.29, 1.82) is 0 Å². The summed E-state index contributed by atoms with van der Waals surface area (Å²) >= 11 is 0. The Labute approximate surface area is 160 Å². The number of alkyl carbamates (subject to hydrolysis) is 1. The zero-order valence-corrected chi connectivity index (χ0v) is 17.7. The van der Waals surface area contributed by atoms with E-state index in [0.29, 0.717) is 13.0 Å². The third-order valence-electron chi connectivity index (χ3n) is 5.14. The van der Waals surface area contributed by atoms with Gasteiger partial charge >= 0.3 is 6.09 Å². The molecule has 1 amide bonds. The lowest BCUT2D eigenvalue weighted by atomic mass is 10.0. The van der Waals surface area contributed by atoms with Crippen LogP contribution in [0.2, 0.25) is 0 Å². The van der Waals surface area contributed by atoms with E-state index in [9.17, 15) is 13.2 Å². The van der Waals surface area contributed by atoms with Crippen LogP contribution in [0.5, 0.6) is 0 Å². The van der Waals surface area contributed by atoms with Crippen LogP contribution in [0.1, 0.15) is 97.3 Å². The number of hydrogen-bond donors (Lipinski definition) is 1. The lowest BCUT2D eigenvalue weighted by Crippen LogP contribution is -2.47. The number of rotatable bonds is 14. The van der Waals surface area contributed by atoms with E-state index < -0.39 is 21.5 Å². The molecule has 0 saturated carbocycles. The zero-order chi connectivity index (χ0) is 19.3. The van der Waals surface area contributed by atoms with Gasteiger partial charge in [0.15, 0.2) is 9.84 Å². The van der Waals surface area contributed by atoms with E-state index in [1.807, 2.05) is 0 Å². The highest BCUT2D eigenvalue weighted by Gasteiger charge is 2.39. The van der Waals surface area contributed by atoms with Crippen molar-refractivity contribution >= 4 is 15.9 Å². The lowest BCUT2D eigenvalue weighted by molar-refractivity contribution is 0.134. The summed E-state index contributed by atoms with van der Waals surface area (Å²) in [5, 5.41) is 2.71. The van der Waals surface area contributed by atoms with E-state index in [4.69, 9.17) is 4.74 Å². The van der Waals surface area contributed by atoms with E-state index in [0.717, 1.165) is 12.8 Å². The number of unbranched alkanes of at least 4 members (excludes halogenated alkanes) is 11. The highest BCUT2D eigenvalue weighted by molar-refractivity contribution is 7.91. The van der Waals surface area contributed by atoms with Crippen molar-refractivity contribution in [2.75, 3.05) is 18.1 Å². The summed E-state index contributed by atoms with van der Waals surface area (Å²) in [6.07, 6.45) is 15.2. The number of ether oxygens (including phenoxy) is 1. The summed E-state index contributed by atoms with van der Waals surface area (Å²) in [7, 11) is -3.02. The third-order valence-corrected chi connectivity index (χ3v) is 7.04. The maximum Gasteiger partial charge on any atom is 0.407 e. The number of amides is 1. The minimum atomic E-state index is -3.02. The first-order valence-electron chi connectivity index (χ1n) is 10.5. The quantitative estimate of drug-likeness (QED) is 0.425. The van der Waals surface area contributed by atoms with Gasteiger partial charge in [-0.15, -0.1) is 0 Å². The zero-order valence-electron chi connectivity index (χ0n) is 16.9. The van der Waals surface area contributed by atoms with E-state index >= 15 is 0 Å². The average molecular weight is 390 g/mol. The van der Waals surface area contributed by atoms with Gasteiger partial charge in [-0.25, -0.2) is 13.2 Å². The van der Waals surface area contributed by atoms with Crippen molar-refractivity contribution in [3.05, 3.63) is 0 Å². The van der Waals surface area contributed by atoms with Crippen molar-refractivity contribution in [2.45, 2.75) is 103 Å². The number of carbonyl (C=O) groups excluding carboxylic acids is 1. The normalized spacial score (nSPS) is 21.6. The van der Waals surface area contributed by atoms with Crippen molar-refractivity contribution in [3.63, 3.8) is 0 Å². The predicted octanol–water partition coefficient (Wildman–Crippen LogP) is 4.99. The Kier molecular flexibility index (Phi) is 11.3. The van der Waals surface area contributed by atoms with Crippen LogP contribution in [-0.4, -0.2) is 38.2 Å². The molecule has 6 heteroatoms. The van der Waals surface area contributed by atoms with Crippen molar-refractivity contribution < 1.29 is 17.9 Å². The van der Waals surface area contributed by atoms with E-state index in [-0.39, 0.29) is 11.5 Å². The van der Waals surface area contributed by atoms with Gasteiger partial charge in [0.05, 0.1) is 23.7 Å². The molecule has 0 aromatic carbocycles. The minimum absolute atomic E-state index is 0.00764. The first-order valence-corrected chi connectivity index (χ1v) is 12.3. The molecule has 0 spiro atoms. The maximum absolute atomic E-state index is 11.8. The Morgan fingerprint density at radius 3 is 1.88 bits per heavy atom. The van der Waals surface area contributed by atoms with Gasteiger partial charge in [0.25, 0.3) is 0 Å². The fraction of sp³-hybridized carbons (Fsp3) is 0.950. The second-order valence-electron chi connectivity index (χ2n) is 8.05. The Morgan fingerprint density at radius 2 is 1.42 bits per heavy atom. The SMILES string of the molecule is CCCCCCCCCCCCCCOC(=O)NC1(C)CCS(=O)(=O)C1. The molecule has 0 radical (unpaired) electrons. The smallest absolute Gasteiger partial charge is 0.407 e. The summed E-state index contributed by atoms with van der Waals surface area (Å²) in [6, 6.07) is 0. The number of sulfone groups is 1. The highest BCUT2D eigenvalue weighted by Crippen LogP contribution is 2.22. The van der Waals surface area contributed by atoms with Crippen molar-refractivity contribution in [2.24, 2.45) is 0 Å². The second-order valence-corrected chi connectivity index (χ2v) is 10.2. The Morgan fingerprint density at radius 1 is 0.923 bits per heavy atom. The fourth-order valence-corrected chi connectivity index (χ4v) is 5.59. The maximum atomic E-state index is 11.8. The monoisotopic (exact) mass is 389 g/mol. The number of nitrogens with one attached hydrogen (secondary N) is 1. The van der Waals surface area contributed by atoms with Gasteiger partial charge in [-0.1, -0.05) is 77.6 Å². The first-order chi connectivity index (χ1) is 12.4. The lowest BCUT2D eigenvalue weighted by Gasteiger charge is -2.23. The van der Waals surface area contributed by atoms with Gasteiger partial charge in [0.1, 0.15) is 0 Å². The van der Waals surface area contributed by atoms with Crippen LogP contribution >= 0.6 is 0 Å². The molecule has 1 rings (SSSR count). The molecule has 1 atom stereocenters. The molecule has 0 aromatic rings. The Hall–Kier alpha value is -0.780. The van der Waals surface area contributed by atoms with Crippen LogP contribution in [0.15, 0.2) is 0 Å². The molecule has 154 valence electrons. The van der Waals surface area contributed by atoms with Gasteiger partial charge in [-0.05, 0) is 19.8 Å². The second kappa shape index (κ2) is 12.6. The first kappa shape index (κ1) is 23.3. The van der Waals surface area contributed by atoms with E-state index in [1.54, 1.807) is 6.92 Å². The minimum Gasteiger partial charge on any atom is -0.450 e. The van der Waals surface area contributed by atoms with Crippen LogP contribution in [0, 0.1) is 0 Å². The average Bonchev–Trinajstić information content (AvgIpc) is 2.84. The van der Waals surface area contributed by atoms with Crippen LogP contribution in [-0.2, 0) is 14.6 Å². The van der Waals surface area contributed by atoms with Crippen LogP contribution in [0.25, 0.3) is 0 Å². The fourth-order valence-electron chi connectivity index (χ4n) is 3.50. The molecule has 5 nitrogen and oxygen atoms in total. The summed E-state index contributed by atoms with van der Waals surface area (Å²) in [4.78, 5) is 11.8. The van der Waals surface area contributed by atoms with E-state index in [2.05, 4.69) is 12.2 Å². The standard InChI is InChI=1S/C20H39NO4S/c1-3-4-5-6-7-8-9-10-11-12-13-14-16-25-19(22)21-20(2)15-17-26(23,24)18-20/h3-18H2,1-2H3,(H,21,22). The van der Waals surface area contributed by atoms with Gasteiger partial charge in [0.2, 0.25) is 0 Å². The van der Waals surface area contributed by atoms with Gasteiger partial charge in [0, 0.05) is 0 Å². The molecule has 1 fully saturated rings. The molecule has 0 aliphatic carbocycles. The molecule has 0 bridgehead atoms. The molecular formula is C20H39NO4S. The summed E-state index contributed by atoms with van der Waals surface area (Å²) in [5.74, 6) is 0.149. The molecular weight excluding hydrogens is 350 g/mol. The van der Waals surface area contributed by atoms with Crippen LogP contribution < -0.4 is 5.32 Å². The van der Waals surface area contributed by atoms with Gasteiger partial charge in [-0.2, -0.15) is 0 Å². The van der Waals surface area contributed by atoms with Gasteiger partial charge < -0.3 is 10.1 Å². The number of hydrogen-bond acceptors (Lipinski definition) is 4. The molecule has 1 saturated heterocycles. The summed E-state index contributed by atoms with van der Waals surface area (Å²) in [5.41, 5.74) is -0.674. The molecule has 1 unspecified atom stereocenters. The summed E-state index contributed by atoms with van der Waals surface area (Å²) < 4.78 is 28.2. The highest BCUT2D eigenvalue weighted by atomic mass is 32.2. The molecule has 0 aromatic heterocycles. The van der Waals surface area contributed by atoms with Crippen molar-refractivity contribution in [3.8, 4) is 0 Å². The third kappa shape index (κ3) is 11.0. The van der Waals surface area contributed by atoms with Crippen molar-refractivity contribution in [1.82, 2.24) is 5.32 Å². The molecule has 1 heterocycles. The summed E-state index contributed by atoms with van der Waals surface area (Å²) in [6.45, 7) is 4.43. The molecule has 1 aliphatic rings. The molecule has 1 N–H and O–H groups in total. The molecule has 26 heavy (non-hydrogen) atoms. The largest absolute Gasteiger partial charge is 0.450 e. The van der Waals surface area contributed by atoms with Crippen LogP contribution in [0.3, 0.4) is 0 Å². The van der Waals surface area contributed by atoms with Gasteiger partial charge in [-0.3, -0.25) is 0 Å². The Balaban J connectivity index is 1.89. The molecule has 1 aliphatic heterocycles. The topological polar surface area (TPSA) is 72.5 Å². The van der Waals surface area contributed by atoms with E-state index in [1.165, 1.54) is 64.2 Å².